The van der Waals surface area contributed by atoms with Crippen LogP contribution < -0.4 is 11.1 Å². The summed E-state index contributed by atoms with van der Waals surface area (Å²) in [6.07, 6.45) is 0.0530. The van der Waals surface area contributed by atoms with Crippen LogP contribution in [0.25, 0.3) is 0 Å². The lowest BCUT2D eigenvalue weighted by molar-refractivity contribution is -0.121. The first-order chi connectivity index (χ1) is 8.04. The van der Waals surface area contributed by atoms with E-state index in [0.717, 1.165) is 12.1 Å². The second-order valence-corrected chi connectivity index (χ2v) is 3.29. The van der Waals surface area contributed by atoms with Crippen molar-refractivity contribution < 1.29 is 18.7 Å². The Balaban J connectivity index is 2.58. The second kappa shape index (κ2) is 5.83. The maximum atomic E-state index is 12.9. The Kier molecular flexibility index (Phi) is 4.45. The zero-order valence-electron chi connectivity index (χ0n) is 9.33. The fourth-order valence-corrected chi connectivity index (χ4v) is 1.14. The van der Waals surface area contributed by atoms with Crippen LogP contribution in [0.5, 0.6) is 0 Å². The molecular weight excluding hydrogens is 227 g/mol. The first-order valence-corrected chi connectivity index (χ1v) is 4.97. The summed E-state index contributed by atoms with van der Waals surface area (Å²) < 4.78 is 17.7. The number of nitrogen functional groups attached to an aromatic ring is 1. The normalized spacial score (nSPS) is 9.76. The van der Waals surface area contributed by atoms with E-state index >= 15 is 0 Å². The van der Waals surface area contributed by atoms with E-state index in [4.69, 9.17) is 10.5 Å². The Labute approximate surface area is 97.7 Å². The van der Waals surface area contributed by atoms with Gasteiger partial charge in [0.15, 0.2) is 0 Å². The van der Waals surface area contributed by atoms with E-state index in [0.29, 0.717) is 0 Å². The van der Waals surface area contributed by atoms with Crippen molar-refractivity contribution >= 4 is 17.6 Å². The number of hydrogen-bond donors (Lipinski definition) is 2. The second-order valence-electron chi connectivity index (χ2n) is 3.29. The lowest BCUT2D eigenvalue weighted by Gasteiger charge is -2.06. The highest BCUT2D eigenvalue weighted by atomic mass is 19.1. The lowest BCUT2D eigenvalue weighted by Crippen LogP contribution is -2.20. The molecule has 6 heteroatoms. The van der Waals surface area contributed by atoms with Crippen molar-refractivity contribution in [2.75, 3.05) is 19.4 Å². The highest BCUT2D eigenvalue weighted by molar-refractivity contribution is 5.95. The van der Waals surface area contributed by atoms with Gasteiger partial charge in [0.25, 0.3) is 0 Å². The third-order valence-electron chi connectivity index (χ3n) is 2.08. The molecule has 0 spiro atoms. The van der Waals surface area contributed by atoms with E-state index in [9.17, 15) is 14.0 Å². The van der Waals surface area contributed by atoms with Gasteiger partial charge in [-0.2, -0.15) is 0 Å². The maximum Gasteiger partial charge on any atom is 0.340 e. The van der Waals surface area contributed by atoms with Gasteiger partial charge in [-0.25, -0.2) is 9.18 Å². The van der Waals surface area contributed by atoms with E-state index in [-0.39, 0.29) is 30.2 Å². The minimum Gasteiger partial charge on any atom is -0.461 e. The molecule has 5 nitrogen and oxygen atoms in total. The SMILES string of the molecule is CNC(=O)CCOC(=O)c1cc(F)ccc1N. The highest BCUT2D eigenvalue weighted by Gasteiger charge is 2.12. The van der Waals surface area contributed by atoms with E-state index in [1.54, 1.807) is 0 Å². The minimum atomic E-state index is -0.745. The molecule has 0 aromatic heterocycles. The van der Waals surface area contributed by atoms with Gasteiger partial charge in [-0.1, -0.05) is 0 Å². The summed E-state index contributed by atoms with van der Waals surface area (Å²) in [4.78, 5) is 22.4. The number of carbonyl (C=O) groups is 2. The summed E-state index contributed by atoms with van der Waals surface area (Å²) in [6.45, 7) is -0.0749. The summed E-state index contributed by atoms with van der Waals surface area (Å²) in [5.41, 5.74) is 5.60. The Morgan fingerprint density at radius 2 is 2.18 bits per heavy atom. The maximum absolute atomic E-state index is 12.9. The molecule has 0 fully saturated rings. The van der Waals surface area contributed by atoms with Crippen molar-refractivity contribution in [1.29, 1.82) is 0 Å². The van der Waals surface area contributed by atoms with Crippen molar-refractivity contribution in [3.8, 4) is 0 Å². The van der Waals surface area contributed by atoms with Gasteiger partial charge in [0.2, 0.25) is 5.91 Å². The molecular formula is C11H13FN2O3. The van der Waals surface area contributed by atoms with Crippen molar-refractivity contribution in [2.45, 2.75) is 6.42 Å². The molecule has 0 saturated carbocycles. The molecule has 1 amide bonds. The van der Waals surface area contributed by atoms with Crippen LogP contribution in [-0.4, -0.2) is 25.5 Å². The summed E-state index contributed by atoms with van der Waals surface area (Å²) in [5, 5.41) is 2.38. The molecule has 1 rings (SSSR count). The van der Waals surface area contributed by atoms with Crippen LogP contribution in [0.3, 0.4) is 0 Å². The van der Waals surface area contributed by atoms with Crippen molar-refractivity contribution in [3.63, 3.8) is 0 Å². The molecule has 3 N–H and O–H groups in total. The van der Waals surface area contributed by atoms with Crippen LogP contribution in [0.2, 0.25) is 0 Å². The molecule has 1 aromatic rings. The molecule has 0 aliphatic rings. The Morgan fingerprint density at radius 3 is 2.82 bits per heavy atom. The number of hydrogen-bond acceptors (Lipinski definition) is 4. The Hall–Kier alpha value is -2.11. The van der Waals surface area contributed by atoms with Crippen LogP contribution in [-0.2, 0) is 9.53 Å². The summed E-state index contributed by atoms with van der Waals surface area (Å²) in [5.74, 6) is -1.56. The van der Waals surface area contributed by atoms with Gasteiger partial charge in [0, 0.05) is 12.7 Å². The van der Waals surface area contributed by atoms with Crippen LogP contribution in [0.15, 0.2) is 18.2 Å². The van der Waals surface area contributed by atoms with E-state index in [2.05, 4.69) is 5.32 Å². The average Bonchev–Trinajstić information content (AvgIpc) is 2.31. The minimum absolute atomic E-state index is 0.0399. The highest BCUT2D eigenvalue weighted by Crippen LogP contribution is 2.14. The largest absolute Gasteiger partial charge is 0.461 e. The topological polar surface area (TPSA) is 81.4 Å². The molecule has 0 atom stereocenters. The van der Waals surface area contributed by atoms with Gasteiger partial charge in [0.05, 0.1) is 12.0 Å². The number of rotatable bonds is 4. The Bertz CT molecular complexity index is 435. The predicted molar refractivity (Wildman–Crippen MR) is 59.8 cm³/mol. The summed E-state index contributed by atoms with van der Waals surface area (Å²) in [6, 6.07) is 3.43. The van der Waals surface area contributed by atoms with Gasteiger partial charge >= 0.3 is 5.97 Å². The molecule has 0 aliphatic heterocycles. The Morgan fingerprint density at radius 1 is 1.47 bits per heavy atom. The smallest absolute Gasteiger partial charge is 0.340 e. The number of esters is 1. The van der Waals surface area contributed by atoms with Gasteiger partial charge in [-0.3, -0.25) is 4.79 Å². The molecule has 0 saturated heterocycles. The van der Waals surface area contributed by atoms with Gasteiger partial charge in [-0.15, -0.1) is 0 Å². The number of ether oxygens (including phenoxy) is 1. The number of anilines is 1. The number of nitrogens with one attached hydrogen (secondary N) is 1. The molecule has 92 valence electrons. The fourth-order valence-electron chi connectivity index (χ4n) is 1.14. The first kappa shape index (κ1) is 13.0. The van der Waals surface area contributed by atoms with Crippen molar-refractivity contribution in [2.24, 2.45) is 0 Å². The van der Waals surface area contributed by atoms with Gasteiger partial charge < -0.3 is 15.8 Å². The number of carbonyl (C=O) groups excluding carboxylic acids is 2. The molecule has 0 unspecified atom stereocenters. The van der Waals surface area contributed by atoms with Crippen LogP contribution in [0.1, 0.15) is 16.8 Å². The number of benzene rings is 1. The summed E-state index contributed by atoms with van der Waals surface area (Å²) >= 11 is 0. The van der Waals surface area contributed by atoms with Crippen LogP contribution in [0.4, 0.5) is 10.1 Å². The number of amides is 1. The van der Waals surface area contributed by atoms with Crippen molar-refractivity contribution in [3.05, 3.63) is 29.6 Å². The molecule has 17 heavy (non-hydrogen) atoms. The van der Waals surface area contributed by atoms with Crippen LogP contribution in [0, 0.1) is 5.82 Å². The molecule has 1 aromatic carbocycles. The molecule has 0 aliphatic carbocycles. The predicted octanol–water partition coefficient (Wildman–Crippen LogP) is 0.701. The zero-order chi connectivity index (χ0) is 12.8. The average molecular weight is 240 g/mol. The van der Waals surface area contributed by atoms with E-state index in [1.165, 1.54) is 13.1 Å². The first-order valence-electron chi connectivity index (χ1n) is 4.97. The molecule has 0 bridgehead atoms. The number of halogens is 1. The molecule has 0 heterocycles. The van der Waals surface area contributed by atoms with E-state index in [1.807, 2.05) is 0 Å². The van der Waals surface area contributed by atoms with Crippen molar-refractivity contribution in [1.82, 2.24) is 5.32 Å². The monoisotopic (exact) mass is 240 g/mol. The zero-order valence-corrected chi connectivity index (χ0v) is 9.33. The number of nitrogens with two attached hydrogens (primary N) is 1. The van der Waals surface area contributed by atoms with Crippen LogP contribution >= 0.6 is 0 Å². The third-order valence-corrected chi connectivity index (χ3v) is 2.08. The standard InChI is InChI=1S/C11H13FN2O3/c1-14-10(15)4-5-17-11(16)8-6-7(12)2-3-9(8)13/h2-3,6H,4-5,13H2,1H3,(H,14,15). The third kappa shape index (κ3) is 3.75. The summed E-state index contributed by atoms with van der Waals surface area (Å²) in [7, 11) is 1.48. The van der Waals surface area contributed by atoms with E-state index < -0.39 is 11.8 Å². The van der Waals surface area contributed by atoms with Gasteiger partial charge in [-0.05, 0) is 18.2 Å². The van der Waals surface area contributed by atoms with Gasteiger partial charge in [0.1, 0.15) is 12.4 Å². The lowest BCUT2D eigenvalue weighted by atomic mass is 10.2. The molecule has 0 radical (unpaired) electrons. The fraction of sp³-hybridized carbons (Fsp3) is 0.273. The quantitative estimate of drug-likeness (QED) is 0.599.